The maximum Gasteiger partial charge on any atom is 0.231 e. The summed E-state index contributed by atoms with van der Waals surface area (Å²) in [6.07, 6.45) is 2.11. The fourth-order valence-electron chi connectivity index (χ4n) is 1.89. The predicted molar refractivity (Wildman–Crippen MR) is 95.0 cm³/mol. The van der Waals surface area contributed by atoms with Gasteiger partial charge in [0.25, 0.3) is 0 Å². The molecule has 7 heteroatoms. The average molecular weight is 339 g/mol. The highest BCUT2D eigenvalue weighted by Crippen LogP contribution is 2.34. The maximum atomic E-state index is 5.71. The molecule has 1 aromatic rings. The summed E-state index contributed by atoms with van der Waals surface area (Å²) in [7, 11) is 1.76. The molecule has 2 rings (SSSR count). The summed E-state index contributed by atoms with van der Waals surface area (Å²) in [5, 5.41) is 6.56. The number of benzene rings is 1. The van der Waals surface area contributed by atoms with Crippen molar-refractivity contribution in [3.8, 4) is 17.2 Å². The van der Waals surface area contributed by atoms with E-state index in [4.69, 9.17) is 14.2 Å². The van der Waals surface area contributed by atoms with Crippen LogP contribution >= 0.6 is 11.8 Å². The standard InChI is InChI=1S/C16H25N3O3S/c1-16(2,23-4)10-19-15(17-3)18-7-8-20-12-5-6-13-14(9-12)22-11-21-13/h5-6,9H,7-8,10-11H2,1-4H3,(H2,17,18,19). The van der Waals surface area contributed by atoms with Gasteiger partial charge in [0.2, 0.25) is 6.79 Å². The van der Waals surface area contributed by atoms with Crippen LogP contribution in [0.3, 0.4) is 0 Å². The lowest BCUT2D eigenvalue weighted by Gasteiger charge is -2.23. The minimum atomic E-state index is 0.167. The van der Waals surface area contributed by atoms with Crippen LogP contribution in [-0.4, -0.2) is 50.5 Å². The Kier molecular flexibility index (Phi) is 6.27. The summed E-state index contributed by atoms with van der Waals surface area (Å²) in [6, 6.07) is 5.58. The number of hydrogen-bond donors (Lipinski definition) is 2. The first kappa shape index (κ1) is 17.6. The zero-order chi connectivity index (χ0) is 16.7. The van der Waals surface area contributed by atoms with Crippen LogP contribution in [0.4, 0.5) is 0 Å². The van der Waals surface area contributed by atoms with Crippen LogP contribution < -0.4 is 24.8 Å². The number of thioether (sulfide) groups is 1. The molecule has 2 N–H and O–H groups in total. The molecule has 0 aliphatic carbocycles. The minimum Gasteiger partial charge on any atom is -0.492 e. The van der Waals surface area contributed by atoms with Crippen molar-refractivity contribution in [1.29, 1.82) is 0 Å². The molecule has 0 unspecified atom stereocenters. The van der Waals surface area contributed by atoms with Crippen LogP contribution in [0.25, 0.3) is 0 Å². The first-order chi connectivity index (χ1) is 11.0. The molecular formula is C16H25N3O3S. The van der Waals surface area contributed by atoms with Crippen LogP contribution in [0.15, 0.2) is 23.2 Å². The summed E-state index contributed by atoms with van der Waals surface area (Å²) in [5.74, 6) is 3.03. The van der Waals surface area contributed by atoms with Crippen LogP contribution in [0.5, 0.6) is 17.2 Å². The van der Waals surface area contributed by atoms with Gasteiger partial charge in [0.05, 0.1) is 6.54 Å². The number of fused-ring (bicyclic) bond motifs is 1. The van der Waals surface area contributed by atoms with Crippen molar-refractivity contribution in [3.05, 3.63) is 18.2 Å². The number of hydrogen-bond acceptors (Lipinski definition) is 5. The molecule has 0 saturated carbocycles. The lowest BCUT2D eigenvalue weighted by Crippen LogP contribution is -2.44. The number of rotatable bonds is 7. The monoisotopic (exact) mass is 339 g/mol. The molecule has 1 heterocycles. The third-order valence-electron chi connectivity index (χ3n) is 3.47. The number of guanidine groups is 1. The van der Waals surface area contributed by atoms with E-state index in [1.165, 1.54) is 0 Å². The normalized spacial score (nSPS) is 13.8. The lowest BCUT2D eigenvalue weighted by atomic mass is 10.2. The summed E-state index contributed by atoms with van der Waals surface area (Å²) in [4.78, 5) is 4.21. The van der Waals surface area contributed by atoms with Gasteiger partial charge in [-0.2, -0.15) is 11.8 Å². The van der Waals surface area contributed by atoms with Crippen molar-refractivity contribution >= 4 is 17.7 Å². The summed E-state index contributed by atoms with van der Waals surface area (Å²) >= 11 is 1.82. The third-order valence-corrected chi connectivity index (χ3v) is 4.71. The number of nitrogens with zero attached hydrogens (tertiary/aromatic N) is 1. The van der Waals surface area contributed by atoms with Gasteiger partial charge in [0.15, 0.2) is 17.5 Å². The van der Waals surface area contributed by atoms with Crippen molar-refractivity contribution in [2.24, 2.45) is 4.99 Å². The van der Waals surface area contributed by atoms with Crippen molar-refractivity contribution in [3.63, 3.8) is 0 Å². The molecule has 0 spiro atoms. The molecule has 6 nitrogen and oxygen atoms in total. The zero-order valence-electron chi connectivity index (χ0n) is 14.1. The SMILES string of the molecule is CN=C(NCCOc1ccc2c(c1)OCO2)NCC(C)(C)SC. The van der Waals surface area contributed by atoms with E-state index in [0.29, 0.717) is 13.2 Å². The molecule has 0 radical (unpaired) electrons. The van der Waals surface area contributed by atoms with Crippen LogP contribution in [0.1, 0.15) is 13.8 Å². The number of nitrogens with one attached hydrogen (secondary N) is 2. The second-order valence-electron chi connectivity index (χ2n) is 5.68. The molecule has 1 aromatic carbocycles. The third kappa shape index (κ3) is 5.42. The Balaban J connectivity index is 1.69. The Morgan fingerprint density at radius 1 is 1.30 bits per heavy atom. The molecule has 128 valence electrons. The average Bonchev–Trinajstić information content (AvgIpc) is 3.02. The number of ether oxygens (including phenoxy) is 3. The van der Waals surface area contributed by atoms with E-state index in [1.54, 1.807) is 7.05 Å². The first-order valence-electron chi connectivity index (χ1n) is 7.56. The van der Waals surface area contributed by atoms with E-state index < -0.39 is 0 Å². The lowest BCUT2D eigenvalue weighted by molar-refractivity contribution is 0.173. The summed E-state index contributed by atoms with van der Waals surface area (Å²) in [6.45, 7) is 6.70. The van der Waals surface area contributed by atoms with E-state index in [0.717, 1.165) is 29.8 Å². The van der Waals surface area contributed by atoms with Crippen molar-refractivity contribution < 1.29 is 14.2 Å². The Hall–Kier alpha value is -1.76. The van der Waals surface area contributed by atoms with Gasteiger partial charge in [-0.05, 0) is 32.2 Å². The highest BCUT2D eigenvalue weighted by Gasteiger charge is 2.16. The molecule has 0 aromatic heterocycles. The zero-order valence-corrected chi connectivity index (χ0v) is 15.0. The predicted octanol–water partition coefficient (Wildman–Crippen LogP) is 2.10. The minimum absolute atomic E-state index is 0.167. The van der Waals surface area contributed by atoms with E-state index in [2.05, 4.69) is 35.7 Å². The highest BCUT2D eigenvalue weighted by molar-refractivity contribution is 7.99. The van der Waals surface area contributed by atoms with Gasteiger partial charge in [0, 0.05) is 24.4 Å². The molecule has 1 aliphatic heterocycles. The van der Waals surface area contributed by atoms with E-state index in [1.807, 2.05) is 30.0 Å². The second kappa shape index (κ2) is 8.19. The van der Waals surface area contributed by atoms with Gasteiger partial charge in [-0.1, -0.05) is 0 Å². The van der Waals surface area contributed by atoms with Gasteiger partial charge >= 0.3 is 0 Å². The molecular weight excluding hydrogens is 314 g/mol. The molecule has 0 amide bonds. The Labute approximate surface area is 142 Å². The largest absolute Gasteiger partial charge is 0.492 e. The van der Waals surface area contributed by atoms with Gasteiger partial charge < -0.3 is 24.8 Å². The van der Waals surface area contributed by atoms with Crippen molar-refractivity contribution in [1.82, 2.24) is 10.6 Å². The summed E-state index contributed by atoms with van der Waals surface area (Å²) < 4.78 is 16.5. The maximum absolute atomic E-state index is 5.71. The smallest absolute Gasteiger partial charge is 0.231 e. The Bertz CT molecular complexity index is 549. The summed E-state index contributed by atoms with van der Waals surface area (Å²) in [5.41, 5.74) is 0. The van der Waals surface area contributed by atoms with Crippen LogP contribution in [0.2, 0.25) is 0 Å². The van der Waals surface area contributed by atoms with Crippen LogP contribution in [-0.2, 0) is 0 Å². The fraction of sp³-hybridized carbons (Fsp3) is 0.562. The van der Waals surface area contributed by atoms with Crippen molar-refractivity contribution in [2.75, 3.05) is 39.8 Å². The van der Waals surface area contributed by atoms with E-state index in [-0.39, 0.29) is 11.5 Å². The quantitative estimate of drug-likeness (QED) is 0.451. The second-order valence-corrected chi connectivity index (χ2v) is 7.19. The molecule has 0 bridgehead atoms. The van der Waals surface area contributed by atoms with E-state index >= 15 is 0 Å². The van der Waals surface area contributed by atoms with Crippen molar-refractivity contribution in [2.45, 2.75) is 18.6 Å². The van der Waals surface area contributed by atoms with Gasteiger partial charge in [-0.15, -0.1) is 0 Å². The molecule has 0 atom stereocenters. The Morgan fingerprint density at radius 3 is 2.83 bits per heavy atom. The number of aliphatic imine (C=N–C) groups is 1. The van der Waals surface area contributed by atoms with Gasteiger partial charge in [0.1, 0.15) is 12.4 Å². The van der Waals surface area contributed by atoms with E-state index in [9.17, 15) is 0 Å². The molecule has 23 heavy (non-hydrogen) atoms. The highest BCUT2D eigenvalue weighted by atomic mass is 32.2. The topological polar surface area (TPSA) is 64.1 Å². The first-order valence-corrected chi connectivity index (χ1v) is 8.79. The van der Waals surface area contributed by atoms with Gasteiger partial charge in [-0.25, -0.2) is 0 Å². The molecule has 0 fully saturated rings. The van der Waals surface area contributed by atoms with Gasteiger partial charge in [-0.3, -0.25) is 4.99 Å². The van der Waals surface area contributed by atoms with Crippen LogP contribution in [0, 0.1) is 0 Å². The Morgan fingerprint density at radius 2 is 2.09 bits per heavy atom. The molecule has 0 saturated heterocycles. The molecule has 1 aliphatic rings. The fourth-order valence-corrected chi connectivity index (χ4v) is 2.11.